The van der Waals surface area contributed by atoms with Gasteiger partial charge in [0.2, 0.25) is 5.69 Å². The van der Waals surface area contributed by atoms with Crippen molar-refractivity contribution in [3.8, 4) is 0 Å². The standard InChI is InChI=1S/C11H7Cl2N3O4/c12-7-2-1-3-8(13)6(7)4-15-5-9(16(19)20)10(14-15)11(17)18/h1-3,5H,4H2,(H,17,18). The summed E-state index contributed by atoms with van der Waals surface area (Å²) in [6.45, 7) is 0.0344. The minimum Gasteiger partial charge on any atom is -0.476 e. The second-order valence-electron chi connectivity index (χ2n) is 3.82. The molecule has 0 aliphatic rings. The molecule has 1 N–H and O–H groups in total. The number of aromatic carboxylic acids is 1. The van der Waals surface area contributed by atoms with Crippen molar-refractivity contribution >= 4 is 34.9 Å². The second-order valence-corrected chi connectivity index (χ2v) is 4.64. The van der Waals surface area contributed by atoms with Crippen LogP contribution in [0.4, 0.5) is 5.69 Å². The van der Waals surface area contributed by atoms with Gasteiger partial charge in [-0.1, -0.05) is 29.3 Å². The molecule has 2 rings (SSSR count). The topological polar surface area (TPSA) is 98.3 Å². The Morgan fingerprint density at radius 1 is 1.40 bits per heavy atom. The van der Waals surface area contributed by atoms with E-state index in [9.17, 15) is 14.9 Å². The van der Waals surface area contributed by atoms with Crippen LogP contribution in [-0.4, -0.2) is 25.8 Å². The van der Waals surface area contributed by atoms with Crippen LogP contribution in [0.25, 0.3) is 0 Å². The number of halogens is 2. The first-order valence-electron chi connectivity index (χ1n) is 5.28. The van der Waals surface area contributed by atoms with Crippen LogP contribution in [0.15, 0.2) is 24.4 Å². The Bertz CT molecular complexity index is 647. The molecule has 0 saturated heterocycles. The van der Waals surface area contributed by atoms with Crippen LogP contribution in [0.1, 0.15) is 16.1 Å². The highest BCUT2D eigenvalue weighted by Crippen LogP contribution is 2.26. The van der Waals surface area contributed by atoms with E-state index in [1.54, 1.807) is 18.2 Å². The third-order valence-electron chi connectivity index (χ3n) is 2.52. The molecule has 0 fully saturated rings. The number of nitrogens with zero attached hydrogens (tertiary/aromatic N) is 3. The summed E-state index contributed by atoms with van der Waals surface area (Å²) in [6.07, 6.45) is 1.03. The fraction of sp³-hybridized carbons (Fsp3) is 0.0909. The molecule has 0 amide bonds. The Labute approximate surface area is 122 Å². The summed E-state index contributed by atoms with van der Waals surface area (Å²) in [5.74, 6) is -1.47. The molecule has 1 aromatic heterocycles. The van der Waals surface area contributed by atoms with Gasteiger partial charge in [0.15, 0.2) is 0 Å². The molecule has 1 heterocycles. The molecule has 0 radical (unpaired) electrons. The lowest BCUT2D eigenvalue weighted by atomic mass is 10.2. The maximum atomic E-state index is 10.9. The van der Waals surface area contributed by atoms with Crippen LogP contribution in [0.2, 0.25) is 10.0 Å². The molecule has 0 unspecified atom stereocenters. The zero-order valence-corrected chi connectivity index (χ0v) is 11.3. The van der Waals surface area contributed by atoms with E-state index in [2.05, 4.69) is 5.10 Å². The smallest absolute Gasteiger partial charge is 0.363 e. The van der Waals surface area contributed by atoms with Gasteiger partial charge in [0.25, 0.3) is 0 Å². The summed E-state index contributed by atoms with van der Waals surface area (Å²) in [7, 11) is 0. The van der Waals surface area contributed by atoms with Gasteiger partial charge in [-0.05, 0) is 12.1 Å². The molecule has 7 nitrogen and oxygen atoms in total. The maximum Gasteiger partial charge on any atom is 0.363 e. The molecule has 0 atom stereocenters. The molecule has 104 valence electrons. The molecule has 0 bridgehead atoms. The van der Waals surface area contributed by atoms with Crippen LogP contribution >= 0.6 is 23.2 Å². The molecule has 0 spiro atoms. The first kappa shape index (κ1) is 14.3. The fourth-order valence-electron chi connectivity index (χ4n) is 1.62. The van der Waals surface area contributed by atoms with Crippen LogP contribution < -0.4 is 0 Å². The van der Waals surface area contributed by atoms with Gasteiger partial charge < -0.3 is 5.11 Å². The van der Waals surface area contributed by atoms with E-state index >= 15 is 0 Å². The first-order valence-corrected chi connectivity index (χ1v) is 6.03. The summed E-state index contributed by atoms with van der Waals surface area (Å²) in [6, 6.07) is 4.87. The molecular formula is C11H7Cl2N3O4. The Balaban J connectivity index is 2.42. The lowest BCUT2D eigenvalue weighted by Crippen LogP contribution is -2.05. The van der Waals surface area contributed by atoms with E-state index < -0.39 is 22.3 Å². The quantitative estimate of drug-likeness (QED) is 0.691. The predicted octanol–water partition coefficient (Wildman–Crippen LogP) is 2.84. The minimum absolute atomic E-state index is 0.0344. The zero-order valence-electron chi connectivity index (χ0n) is 9.79. The summed E-state index contributed by atoms with van der Waals surface area (Å²) in [5, 5.41) is 24.0. The number of rotatable bonds is 4. The average molecular weight is 316 g/mol. The number of carboxylic acid groups (broad SMARTS) is 1. The van der Waals surface area contributed by atoms with Crippen LogP contribution in [0.3, 0.4) is 0 Å². The van der Waals surface area contributed by atoms with Crippen molar-refractivity contribution in [1.29, 1.82) is 0 Å². The van der Waals surface area contributed by atoms with E-state index in [4.69, 9.17) is 28.3 Å². The number of carbonyl (C=O) groups is 1. The van der Waals surface area contributed by atoms with Gasteiger partial charge in [-0.25, -0.2) is 4.79 Å². The van der Waals surface area contributed by atoms with Crippen LogP contribution in [0, 0.1) is 10.1 Å². The highest BCUT2D eigenvalue weighted by molar-refractivity contribution is 6.35. The number of carboxylic acids is 1. The van der Waals surface area contributed by atoms with Crippen molar-refractivity contribution in [3.63, 3.8) is 0 Å². The van der Waals surface area contributed by atoms with Crippen molar-refractivity contribution < 1.29 is 14.8 Å². The summed E-state index contributed by atoms with van der Waals surface area (Å²) in [5.41, 5.74) is -0.705. The highest BCUT2D eigenvalue weighted by atomic mass is 35.5. The molecule has 0 aliphatic heterocycles. The zero-order chi connectivity index (χ0) is 14.9. The Hall–Kier alpha value is -2.12. The average Bonchev–Trinajstić information content (AvgIpc) is 2.78. The maximum absolute atomic E-state index is 10.9. The lowest BCUT2D eigenvalue weighted by Gasteiger charge is -2.06. The molecular weight excluding hydrogens is 309 g/mol. The molecule has 20 heavy (non-hydrogen) atoms. The largest absolute Gasteiger partial charge is 0.476 e. The van der Waals surface area contributed by atoms with Crippen molar-refractivity contribution in [2.24, 2.45) is 0 Å². The van der Waals surface area contributed by atoms with Crippen molar-refractivity contribution in [1.82, 2.24) is 9.78 Å². The minimum atomic E-state index is -1.47. The number of hydrogen-bond donors (Lipinski definition) is 1. The van der Waals surface area contributed by atoms with E-state index in [0.717, 1.165) is 10.9 Å². The van der Waals surface area contributed by atoms with E-state index in [1.807, 2.05) is 0 Å². The van der Waals surface area contributed by atoms with Crippen LogP contribution in [0.5, 0.6) is 0 Å². The van der Waals surface area contributed by atoms with Crippen molar-refractivity contribution in [2.45, 2.75) is 6.54 Å². The summed E-state index contributed by atoms with van der Waals surface area (Å²) in [4.78, 5) is 20.9. The van der Waals surface area contributed by atoms with Gasteiger partial charge in [-0.2, -0.15) is 5.10 Å². The van der Waals surface area contributed by atoms with E-state index in [1.165, 1.54) is 0 Å². The summed E-state index contributed by atoms with van der Waals surface area (Å²) < 4.78 is 1.12. The normalized spacial score (nSPS) is 10.5. The molecule has 0 saturated carbocycles. The molecule has 1 aromatic carbocycles. The highest BCUT2D eigenvalue weighted by Gasteiger charge is 2.25. The van der Waals surface area contributed by atoms with E-state index in [0.29, 0.717) is 15.6 Å². The van der Waals surface area contributed by atoms with Gasteiger partial charge in [0, 0.05) is 15.6 Å². The Morgan fingerprint density at radius 2 is 2.00 bits per heavy atom. The third-order valence-corrected chi connectivity index (χ3v) is 3.23. The number of hydrogen-bond acceptors (Lipinski definition) is 4. The van der Waals surface area contributed by atoms with Crippen molar-refractivity contribution in [2.75, 3.05) is 0 Å². The van der Waals surface area contributed by atoms with Gasteiger partial charge in [-0.3, -0.25) is 14.8 Å². The number of aromatic nitrogens is 2. The SMILES string of the molecule is O=C(O)c1nn(Cc2c(Cl)cccc2Cl)cc1[N+](=O)[O-]. The summed E-state index contributed by atoms with van der Waals surface area (Å²) >= 11 is 12.0. The molecule has 2 aromatic rings. The fourth-order valence-corrected chi connectivity index (χ4v) is 2.14. The van der Waals surface area contributed by atoms with Gasteiger partial charge >= 0.3 is 11.7 Å². The number of benzene rings is 1. The Kier molecular flexibility index (Phi) is 3.91. The lowest BCUT2D eigenvalue weighted by molar-refractivity contribution is -0.385. The Morgan fingerprint density at radius 3 is 2.45 bits per heavy atom. The number of nitro groups is 1. The third kappa shape index (κ3) is 2.73. The predicted molar refractivity (Wildman–Crippen MR) is 71.4 cm³/mol. The van der Waals surface area contributed by atoms with Gasteiger partial charge in [0.05, 0.1) is 11.5 Å². The molecule has 0 aliphatic carbocycles. The van der Waals surface area contributed by atoms with Crippen molar-refractivity contribution in [3.05, 3.63) is 55.8 Å². The second kappa shape index (κ2) is 5.48. The first-order chi connectivity index (χ1) is 9.40. The van der Waals surface area contributed by atoms with Gasteiger partial charge in [0.1, 0.15) is 6.20 Å². The monoisotopic (exact) mass is 315 g/mol. The van der Waals surface area contributed by atoms with E-state index in [-0.39, 0.29) is 6.54 Å². The van der Waals surface area contributed by atoms with Gasteiger partial charge in [-0.15, -0.1) is 0 Å². The van der Waals surface area contributed by atoms with Crippen LogP contribution in [-0.2, 0) is 6.54 Å². The molecule has 9 heteroatoms.